The summed E-state index contributed by atoms with van der Waals surface area (Å²) >= 11 is 0. The molecule has 0 unspecified atom stereocenters. The van der Waals surface area contributed by atoms with Crippen LogP contribution in [0.2, 0.25) is 0 Å². The van der Waals surface area contributed by atoms with E-state index in [1.807, 2.05) is 11.5 Å². The Bertz CT molecular complexity index is 1160. The van der Waals surface area contributed by atoms with Gasteiger partial charge in [0.1, 0.15) is 11.6 Å². The smallest absolute Gasteiger partial charge is 0.343 e. The number of carbonyl (C=O) groups excluding carboxylic acids is 3. The van der Waals surface area contributed by atoms with Gasteiger partial charge in [0.15, 0.2) is 0 Å². The van der Waals surface area contributed by atoms with Crippen molar-refractivity contribution in [3.05, 3.63) is 95.3 Å². The van der Waals surface area contributed by atoms with Crippen LogP contribution in [0.4, 0.5) is 10.1 Å². The molecule has 0 saturated carbocycles. The van der Waals surface area contributed by atoms with E-state index in [1.54, 1.807) is 49.4 Å². The molecule has 0 radical (unpaired) electrons. The second-order valence-electron chi connectivity index (χ2n) is 6.38. The number of hydrazone groups is 1. The van der Waals surface area contributed by atoms with E-state index in [9.17, 15) is 18.8 Å². The van der Waals surface area contributed by atoms with E-state index in [-0.39, 0.29) is 11.4 Å². The Morgan fingerprint density at radius 1 is 0.903 bits per heavy atom. The lowest BCUT2D eigenvalue weighted by Gasteiger charge is -2.09. The average Bonchev–Trinajstić information content (AvgIpc) is 2.76. The molecule has 0 aliphatic heterocycles. The first-order valence-electron chi connectivity index (χ1n) is 9.21. The van der Waals surface area contributed by atoms with E-state index in [1.165, 1.54) is 24.4 Å². The Labute approximate surface area is 177 Å². The van der Waals surface area contributed by atoms with E-state index in [0.717, 1.165) is 11.6 Å². The third-order valence-corrected chi connectivity index (χ3v) is 4.18. The van der Waals surface area contributed by atoms with Gasteiger partial charge in [0.25, 0.3) is 0 Å². The molecule has 3 aromatic rings. The lowest BCUT2D eigenvalue weighted by atomic mass is 10.1. The Morgan fingerprint density at radius 2 is 1.58 bits per heavy atom. The fourth-order valence-corrected chi connectivity index (χ4v) is 2.59. The number of amides is 2. The number of hydrogen-bond acceptors (Lipinski definition) is 5. The van der Waals surface area contributed by atoms with E-state index >= 15 is 0 Å². The molecule has 3 rings (SSSR count). The number of carbonyl (C=O) groups is 3. The van der Waals surface area contributed by atoms with Crippen LogP contribution in [0.25, 0.3) is 0 Å². The first-order valence-corrected chi connectivity index (χ1v) is 9.21. The maximum absolute atomic E-state index is 13.6. The van der Waals surface area contributed by atoms with Crippen molar-refractivity contribution in [3.8, 4) is 5.75 Å². The Kier molecular flexibility index (Phi) is 6.85. The normalized spacial score (nSPS) is 10.5. The molecule has 0 aliphatic rings. The zero-order valence-electron chi connectivity index (χ0n) is 16.5. The van der Waals surface area contributed by atoms with E-state index in [2.05, 4.69) is 10.4 Å². The molecular weight excluding hydrogens is 401 g/mol. The molecule has 0 atom stereocenters. The number of ether oxygens (including phenoxy) is 1. The zero-order chi connectivity index (χ0) is 22.2. The van der Waals surface area contributed by atoms with Gasteiger partial charge in [-0.3, -0.25) is 9.59 Å². The second-order valence-corrected chi connectivity index (χ2v) is 6.38. The Morgan fingerprint density at radius 3 is 2.35 bits per heavy atom. The monoisotopic (exact) mass is 419 g/mol. The summed E-state index contributed by atoms with van der Waals surface area (Å²) in [4.78, 5) is 36.2. The summed E-state index contributed by atoms with van der Waals surface area (Å²) in [6.07, 6.45) is 1.23. The molecule has 0 saturated heterocycles. The lowest BCUT2D eigenvalue weighted by Crippen LogP contribution is -2.32. The van der Waals surface area contributed by atoms with Crippen LogP contribution in [-0.2, 0) is 9.59 Å². The van der Waals surface area contributed by atoms with Crippen LogP contribution in [0.5, 0.6) is 5.75 Å². The number of esters is 1. The molecule has 0 spiro atoms. The molecule has 0 fully saturated rings. The number of aryl methyl sites for hydroxylation is 1. The van der Waals surface area contributed by atoms with Crippen molar-refractivity contribution in [2.24, 2.45) is 5.10 Å². The Hall–Kier alpha value is -4.33. The van der Waals surface area contributed by atoms with Gasteiger partial charge >= 0.3 is 17.8 Å². The fraction of sp³-hybridized carbons (Fsp3) is 0.0435. The lowest BCUT2D eigenvalue weighted by molar-refractivity contribution is -0.136. The highest BCUT2D eigenvalue weighted by atomic mass is 19.1. The van der Waals surface area contributed by atoms with Gasteiger partial charge in [0.05, 0.1) is 17.5 Å². The quantitative estimate of drug-likeness (QED) is 0.218. The molecule has 156 valence electrons. The minimum absolute atomic E-state index is 0.125. The molecule has 7 nitrogen and oxygen atoms in total. The molecule has 2 amide bonds. The number of halogens is 1. The van der Waals surface area contributed by atoms with Gasteiger partial charge in [0.2, 0.25) is 0 Å². The van der Waals surface area contributed by atoms with Crippen molar-refractivity contribution >= 4 is 29.7 Å². The maximum Gasteiger partial charge on any atom is 0.343 e. The fourth-order valence-electron chi connectivity index (χ4n) is 2.59. The van der Waals surface area contributed by atoms with Gasteiger partial charge in [-0.05, 0) is 42.8 Å². The van der Waals surface area contributed by atoms with Crippen LogP contribution < -0.4 is 15.5 Å². The first kappa shape index (κ1) is 21.4. The second kappa shape index (κ2) is 9.93. The molecule has 31 heavy (non-hydrogen) atoms. The van der Waals surface area contributed by atoms with Crippen molar-refractivity contribution in [2.45, 2.75) is 6.92 Å². The van der Waals surface area contributed by atoms with Crippen LogP contribution >= 0.6 is 0 Å². The highest BCUT2D eigenvalue weighted by Gasteiger charge is 2.15. The minimum atomic E-state index is -1.09. The van der Waals surface area contributed by atoms with Crippen molar-refractivity contribution in [3.63, 3.8) is 0 Å². The highest BCUT2D eigenvalue weighted by molar-refractivity contribution is 6.39. The average molecular weight is 419 g/mol. The number of rotatable bonds is 5. The van der Waals surface area contributed by atoms with E-state index < -0.39 is 23.6 Å². The molecule has 0 aliphatic carbocycles. The van der Waals surface area contributed by atoms with Crippen LogP contribution in [0.3, 0.4) is 0 Å². The van der Waals surface area contributed by atoms with Crippen LogP contribution in [0.15, 0.2) is 77.9 Å². The van der Waals surface area contributed by atoms with Gasteiger partial charge in [0, 0.05) is 5.56 Å². The predicted octanol–water partition coefficient (Wildman–Crippen LogP) is 3.44. The third-order valence-electron chi connectivity index (χ3n) is 4.18. The van der Waals surface area contributed by atoms with Crippen molar-refractivity contribution < 1.29 is 23.5 Å². The van der Waals surface area contributed by atoms with Crippen LogP contribution in [0.1, 0.15) is 21.5 Å². The predicted molar refractivity (Wildman–Crippen MR) is 113 cm³/mol. The SMILES string of the molecule is Cc1ccccc1C(=O)Oc1ccccc1/C=N/NC(=O)C(=O)Nc1ccccc1F. The number of nitrogens with one attached hydrogen (secondary N) is 2. The van der Waals surface area contributed by atoms with Gasteiger partial charge in [-0.15, -0.1) is 0 Å². The number of benzene rings is 3. The Balaban J connectivity index is 1.64. The largest absolute Gasteiger partial charge is 0.422 e. The van der Waals surface area contributed by atoms with Crippen LogP contribution in [0, 0.1) is 12.7 Å². The van der Waals surface area contributed by atoms with Gasteiger partial charge in [-0.25, -0.2) is 14.6 Å². The summed E-state index contributed by atoms with van der Waals surface area (Å²) in [6.45, 7) is 1.80. The number of para-hydroxylation sites is 2. The summed E-state index contributed by atoms with van der Waals surface area (Å²) in [5.41, 5.74) is 3.52. The third kappa shape index (κ3) is 5.60. The first-order chi connectivity index (χ1) is 15.0. The molecule has 0 heterocycles. The molecule has 8 heteroatoms. The number of anilines is 1. The van der Waals surface area contributed by atoms with Gasteiger partial charge in [-0.1, -0.05) is 42.5 Å². The summed E-state index contributed by atoms with van der Waals surface area (Å²) < 4.78 is 19.0. The standard InChI is InChI=1S/C23H18FN3O4/c1-15-8-2-4-10-17(15)23(30)31-20-13-7-3-9-16(20)14-25-27-22(29)21(28)26-19-12-6-5-11-18(19)24/h2-14H,1H3,(H,26,28)(H,27,29)/b25-14+. The number of nitrogens with zero attached hydrogens (tertiary/aromatic N) is 1. The molecule has 2 N–H and O–H groups in total. The summed E-state index contributed by atoms with van der Waals surface area (Å²) in [5, 5.41) is 5.86. The summed E-state index contributed by atoms with van der Waals surface area (Å²) in [6, 6.07) is 19.0. The molecule has 3 aromatic carbocycles. The van der Waals surface area contributed by atoms with Crippen molar-refractivity contribution in [1.82, 2.24) is 5.43 Å². The summed E-state index contributed by atoms with van der Waals surface area (Å²) in [7, 11) is 0. The van der Waals surface area contributed by atoms with E-state index in [0.29, 0.717) is 11.1 Å². The van der Waals surface area contributed by atoms with Gasteiger partial charge < -0.3 is 10.1 Å². The van der Waals surface area contributed by atoms with Gasteiger partial charge in [-0.2, -0.15) is 5.10 Å². The molecular formula is C23H18FN3O4. The topological polar surface area (TPSA) is 96.9 Å². The molecule has 0 aromatic heterocycles. The van der Waals surface area contributed by atoms with E-state index in [4.69, 9.17) is 4.74 Å². The minimum Gasteiger partial charge on any atom is -0.422 e. The zero-order valence-corrected chi connectivity index (χ0v) is 16.5. The van der Waals surface area contributed by atoms with Crippen LogP contribution in [-0.4, -0.2) is 24.0 Å². The van der Waals surface area contributed by atoms with Crippen molar-refractivity contribution in [1.29, 1.82) is 0 Å². The highest BCUT2D eigenvalue weighted by Crippen LogP contribution is 2.19. The number of hydrogen-bond donors (Lipinski definition) is 2. The van der Waals surface area contributed by atoms with Crippen molar-refractivity contribution in [2.75, 3.05) is 5.32 Å². The maximum atomic E-state index is 13.6. The summed E-state index contributed by atoms with van der Waals surface area (Å²) in [5.74, 6) is -3.15. The molecule has 0 bridgehead atoms.